The fourth-order valence-corrected chi connectivity index (χ4v) is 5.08. The normalized spacial score (nSPS) is 11.4. The Hall–Kier alpha value is -1.97. The molecule has 0 aliphatic carbocycles. The lowest BCUT2D eigenvalue weighted by Gasteiger charge is -2.18. The van der Waals surface area contributed by atoms with Crippen molar-refractivity contribution in [2.75, 3.05) is 18.5 Å². The third kappa shape index (κ3) is 3.85. The van der Waals surface area contributed by atoms with Crippen LogP contribution in [0.3, 0.4) is 0 Å². The van der Waals surface area contributed by atoms with E-state index in [2.05, 4.69) is 26.1 Å². The summed E-state index contributed by atoms with van der Waals surface area (Å²) in [6, 6.07) is 10.9. The fraction of sp³-hybridized carbons (Fsp3) is 0.222. The van der Waals surface area contributed by atoms with Crippen molar-refractivity contribution in [2.45, 2.75) is 18.7 Å². The van der Waals surface area contributed by atoms with Crippen molar-refractivity contribution in [1.82, 2.24) is 10.2 Å². The lowest BCUT2D eigenvalue weighted by atomic mass is 10.1. The molecular weight excluding hydrogens is 450 g/mol. The smallest absolute Gasteiger partial charge is 0.269 e. The highest BCUT2D eigenvalue weighted by atomic mass is 79.9. The van der Waals surface area contributed by atoms with Crippen molar-refractivity contribution in [3.05, 3.63) is 52.0 Å². The Morgan fingerprint density at radius 1 is 1.07 bits per heavy atom. The SMILES string of the molecule is COc1cc(C)c(C)cc1S(=O)(=O)N(C)c1nnc(-c2ccc(Br)cc2)s1. The summed E-state index contributed by atoms with van der Waals surface area (Å²) in [7, 11) is -0.915. The molecule has 0 saturated carbocycles. The second-order valence-electron chi connectivity index (χ2n) is 5.96. The average Bonchev–Trinajstić information content (AvgIpc) is 3.13. The summed E-state index contributed by atoms with van der Waals surface area (Å²) in [5.41, 5.74) is 2.70. The van der Waals surface area contributed by atoms with Crippen molar-refractivity contribution in [1.29, 1.82) is 0 Å². The van der Waals surface area contributed by atoms with Crippen LogP contribution in [0.1, 0.15) is 11.1 Å². The van der Waals surface area contributed by atoms with Gasteiger partial charge < -0.3 is 4.74 Å². The summed E-state index contributed by atoms with van der Waals surface area (Å²) >= 11 is 4.60. The summed E-state index contributed by atoms with van der Waals surface area (Å²) in [6.45, 7) is 3.78. The lowest BCUT2D eigenvalue weighted by Crippen LogP contribution is -2.27. The van der Waals surface area contributed by atoms with Gasteiger partial charge in [-0.3, -0.25) is 0 Å². The van der Waals surface area contributed by atoms with E-state index in [0.29, 0.717) is 10.8 Å². The van der Waals surface area contributed by atoms with Crippen molar-refractivity contribution < 1.29 is 13.2 Å². The Balaban J connectivity index is 1.99. The number of sulfonamides is 1. The molecule has 0 unspecified atom stereocenters. The molecule has 0 saturated heterocycles. The van der Waals surface area contributed by atoms with Crippen LogP contribution >= 0.6 is 27.3 Å². The maximum Gasteiger partial charge on any atom is 0.269 e. The van der Waals surface area contributed by atoms with E-state index in [1.807, 2.05) is 38.1 Å². The zero-order valence-electron chi connectivity index (χ0n) is 15.2. The summed E-state index contributed by atoms with van der Waals surface area (Å²) in [6.07, 6.45) is 0. The molecule has 0 atom stereocenters. The Labute approximate surface area is 171 Å². The Morgan fingerprint density at radius 3 is 2.33 bits per heavy atom. The first-order valence-corrected chi connectivity index (χ1v) is 11.0. The van der Waals surface area contributed by atoms with Crippen LogP contribution in [0.5, 0.6) is 5.75 Å². The zero-order valence-corrected chi connectivity index (χ0v) is 18.4. The van der Waals surface area contributed by atoms with Crippen molar-refractivity contribution in [3.8, 4) is 16.3 Å². The Kier molecular flexibility index (Phi) is 5.55. The molecule has 0 amide bonds. The Bertz CT molecular complexity index is 1080. The van der Waals surface area contributed by atoms with Gasteiger partial charge in [-0.2, -0.15) is 0 Å². The first-order chi connectivity index (χ1) is 12.7. The largest absolute Gasteiger partial charge is 0.495 e. The minimum absolute atomic E-state index is 0.107. The van der Waals surface area contributed by atoms with E-state index in [9.17, 15) is 8.42 Å². The number of hydrogen-bond donors (Lipinski definition) is 0. The number of ether oxygens (including phenoxy) is 1. The molecule has 1 heterocycles. The molecule has 0 spiro atoms. The zero-order chi connectivity index (χ0) is 19.8. The van der Waals surface area contributed by atoms with Gasteiger partial charge in [-0.25, -0.2) is 12.7 Å². The topological polar surface area (TPSA) is 72.4 Å². The van der Waals surface area contributed by atoms with Gasteiger partial charge in [0, 0.05) is 17.1 Å². The van der Waals surface area contributed by atoms with Crippen LogP contribution in [0.2, 0.25) is 0 Å². The molecule has 27 heavy (non-hydrogen) atoms. The summed E-state index contributed by atoms with van der Waals surface area (Å²) < 4.78 is 33.7. The van der Waals surface area contributed by atoms with Gasteiger partial charge in [0.15, 0.2) is 0 Å². The molecule has 0 fully saturated rings. The van der Waals surface area contributed by atoms with Gasteiger partial charge in [0.05, 0.1) is 7.11 Å². The molecule has 0 radical (unpaired) electrons. The quantitative estimate of drug-likeness (QED) is 0.555. The molecule has 0 aliphatic rings. The first-order valence-electron chi connectivity index (χ1n) is 7.97. The highest BCUT2D eigenvalue weighted by Gasteiger charge is 2.28. The molecule has 142 valence electrons. The predicted octanol–water partition coefficient (Wildman–Crippen LogP) is 4.42. The molecular formula is C18H18BrN3O3S2. The van der Waals surface area contributed by atoms with Gasteiger partial charge in [0.1, 0.15) is 15.7 Å². The van der Waals surface area contributed by atoms with Crippen molar-refractivity contribution in [2.24, 2.45) is 0 Å². The molecule has 1 aromatic heterocycles. The van der Waals surface area contributed by atoms with E-state index >= 15 is 0 Å². The summed E-state index contributed by atoms with van der Waals surface area (Å²) in [5, 5.41) is 9.13. The molecule has 0 bridgehead atoms. The van der Waals surface area contributed by atoms with Gasteiger partial charge in [0.25, 0.3) is 10.0 Å². The van der Waals surface area contributed by atoms with Gasteiger partial charge in [-0.05, 0) is 49.2 Å². The first kappa shape index (κ1) is 19.8. The highest BCUT2D eigenvalue weighted by molar-refractivity contribution is 9.10. The van der Waals surface area contributed by atoms with Crippen LogP contribution in [-0.4, -0.2) is 32.8 Å². The molecule has 3 rings (SSSR count). The van der Waals surface area contributed by atoms with Crippen LogP contribution in [0.15, 0.2) is 45.8 Å². The second-order valence-corrected chi connectivity index (χ2v) is 9.77. The second kappa shape index (κ2) is 7.57. The number of halogens is 1. The number of rotatable bonds is 5. The number of benzene rings is 2. The molecule has 6 nitrogen and oxygen atoms in total. The number of nitrogens with zero attached hydrogens (tertiary/aromatic N) is 3. The van der Waals surface area contributed by atoms with E-state index in [0.717, 1.165) is 25.5 Å². The van der Waals surface area contributed by atoms with Gasteiger partial charge in [-0.15, -0.1) is 10.2 Å². The number of hydrogen-bond acceptors (Lipinski definition) is 6. The highest BCUT2D eigenvalue weighted by Crippen LogP contribution is 2.34. The monoisotopic (exact) mass is 467 g/mol. The van der Waals surface area contributed by atoms with E-state index in [4.69, 9.17) is 4.74 Å². The van der Waals surface area contributed by atoms with E-state index in [-0.39, 0.29) is 10.0 Å². The van der Waals surface area contributed by atoms with Crippen LogP contribution in [0.4, 0.5) is 5.13 Å². The van der Waals surface area contributed by atoms with Gasteiger partial charge in [0.2, 0.25) is 5.13 Å². The number of methoxy groups -OCH3 is 1. The lowest BCUT2D eigenvalue weighted by molar-refractivity contribution is 0.402. The van der Waals surface area contributed by atoms with Gasteiger partial charge >= 0.3 is 0 Å². The minimum atomic E-state index is -3.84. The minimum Gasteiger partial charge on any atom is -0.495 e. The van der Waals surface area contributed by atoms with Crippen LogP contribution in [0.25, 0.3) is 10.6 Å². The maximum atomic E-state index is 13.1. The maximum absolute atomic E-state index is 13.1. The van der Waals surface area contributed by atoms with E-state index in [1.165, 1.54) is 25.5 Å². The molecule has 0 aliphatic heterocycles. The van der Waals surface area contributed by atoms with Crippen LogP contribution < -0.4 is 9.04 Å². The fourth-order valence-electron chi connectivity index (χ4n) is 2.43. The van der Waals surface area contributed by atoms with Crippen molar-refractivity contribution in [3.63, 3.8) is 0 Å². The summed E-state index contributed by atoms with van der Waals surface area (Å²) in [5.74, 6) is 0.308. The molecule has 0 N–H and O–H groups in total. The van der Waals surface area contributed by atoms with E-state index in [1.54, 1.807) is 12.1 Å². The summed E-state index contributed by atoms with van der Waals surface area (Å²) in [4.78, 5) is 0.107. The van der Waals surface area contributed by atoms with E-state index < -0.39 is 10.0 Å². The third-order valence-electron chi connectivity index (χ3n) is 4.19. The molecule has 3 aromatic rings. The number of anilines is 1. The molecule has 2 aromatic carbocycles. The average molecular weight is 468 g/mol. The molecule has 9 heteroatoms. The number of aromatic nitrogens is 2. The van der Waals surface area contributed by atoms with Crippen molar-refractivity contribution >= 4 is 42.4 Å². The van der Waals surface area contributed by atoms with Gasteiger partial charge in [-0.1, -0.05) is 39.4 Å². The van der Waals surface area contributed by atoms with Crippen LogP contribution in [0, 0.1) is 13.8 Å². The predicted molar refractivity (Wildman–Crippen MR) is 111 cm³/mol. The Morgan fingerprint density at radius 2 is 1.70 bits per heavy atom. The third-order valence-corrected chi connectivity index (χ3v) is 7.66. The standard InChI is InChI=1S/C18H18BrN3O3S2/c1-11-9-15(25-4)16(10-12(11)2)27(23,24)22(3)18-21-20-17(26-18)13-5-7-14(19)8-6-13/h5-10H,1-4H3. The van der Waals surface area contributed by atoms with Crippen LogP contribution in [-0.2, 0) is 10.0 Å². The number of aryl methyl sites for hydroxylation is 2.